The summed E-state index contributed by atoms with van der Waals surface area (Å²) < 4.78 is 77.8. The molecule has 0 saturated carbocycles. The lowest BCUT2D eigenvalue weighted by Gasteiger charge is -2.07. The third-order valence-electron chi connectivity index (χ3n) is 8.83. The number of methoxy groups -OCH3 is 4. The first-order chi connectivity index (χ1) is 35.0. The molecule has 0 atom stereocenters. The van der Waals surface area contributed by atoms with E-state index >= 15 is 0 Å². The van der Waals surface area contributed by atoms with Crippen LogP contribution in [0.3, 0.4) is 0 Å². The third kappa shape index (κ3) is 26.5. The predicted molar refractivity (Wildman–Crippen MR) is 321 cm³/mol. The molecule has 0 aliphatic carbocycles. The number of rotatable bonds is 40. The van der Waals surface area contributed by atoms with E-state index in [1.165, 1.54) is 53.5 Å². The highest BCUT2D eigenvalue weighted by molar-refractivity contribution is 8.43. The molecule has 0 aromatic carbocycles. The number of hydrogen-bond donors (Lipinski definition) is 1. The Morgan fingerprint density at radius 2 is 0.597 bits per heavy atom. The second-order valence-corrected chi connectivity index (χ2v) is 29.0. The average molecular weight is 1230 g/mol. The van der Waals surface area contributed by atoms with Gasteiger partial charge in [0.2, 0.25) is 0 Å². The van der Waals surface area contributed by atoms with Crippen LogP contribution in [0.25, 0.3) is 0 Å². The van der Waals surface area contributed by atoms with Gasteiger partial charge in [-0.15, -0.1) is 47.0 Å². The molecule has 72 heavy (non-hydrogen) atoms. The first kappa shape index (κ1) is 65.8. The summed E-state index contributed by atoms with van der Waals surface area (Å²) >= 11 is 22.6. The summed E-state index contributed by atoms with van der Waals surface area (Å²) in [5.74, 6) is 3.68. The zero-order chi connectivity index (χ0) is 50.0. The summed E-state index contributed by atoms with van der Waals surface area (Å²) in [6.45, 7) is 12.6. The molecule has 0 bridgehead atoms. The second kappa shape index (κ2) is 42.2. The Kier molecular flexibility index (Phi) is 38.5. The molecule has 0 amide bonds. The fourth-order valence-corrected chi connectivity index (χ4v) is 22.5. The van der Waals surface area contributed by atoms with Crippen LogP contribution in [0.4, 0.5) is 0 Å². The SMILES string of the molecule is C.COCCOCCOCCSC1=C(SCCOCCOCCOC)SC(=C2Sc3c[nH]cc3S2)S1.COCCOCCOCCSC1=C(SCCOCCOCCOC)SC(=C2Sc3cn(C)cc3S2)S1.[2HH]. The first-order valence-electron chi connectivity index (χ1n) is 22.8. The molecule has 2 aromatic heterocycles. The van der Waals surface area contributed by atoms with Gasteiger partial charge in [0.15, 0.2) is 0 Å². The van der Waals surface area contributed by atoms with E-state index in [1.807, 2.05) is 141 Å². The number of aromatic amines is 1. The van der Waals surface area contributed by atoms with Crippen molar-refractivity contribution in [2.75, 3.05) is 184 Å². The van der Waals surface area contributed by atoms with Gasteiger partial charge in [0.1, 0.15) is 0 Å². The molecule has 2 aromatic rings. The molecule has 412 valence electrons. The zero-order valence-electron chi connectivity index (χ0n) is 41.0. The molecule has 0 fully saturated rings. The predicted octanol–water partition coefficient (Wildman–Crippen LogP) is 12.4. The molecule has 0 radical (unpaired) electrons. The minimum absolute atomic E-state index is 0. The van der Waals surface area contributed by atoms with Crippen molar-refractivity contribution in [3.05, 3.63) is 58.7 Å². The van der Waals surface area contributed by atoms with Crippen LogP contribution in [0.1, 0.15) is 8.85 Å². The van der Waals surface area contributed by atoms with Crippen molar-refractivity contribution in [3.63, 3.8) is 0 Å². The van der Waals surface area contributed by atoms with Crippen LogP contribution in [0.15, 0.2) is 78.3 Å². The molecule has 6 rings (SSSR count). The van der Waals surface area contributed by atoms with E-state index in [1.54, 1.807) is 28.4 Å². The quantitative estimate of drug-likeness (QED) is 0.0634. The van der Waals surface area contributed by atoms with Crippen LogP contribution >= 0.6 is 141 Å². The van der Waals surface area contributed by atoms with Crippen molar-refractivity contribution >= 4 is 141 Å². The number of aryl methyl sites for hydroxylation is 1. The Balaban J connectivity index is 0.000000375. The van der Waals surface area contributed by atoms with Crippen molar-refractivity contribution in [2.45, 2.75) is 27.0 Å². The van der Waals surface area contributed by atoms with Gasteiger partial charge in [0.25, 0.3) is 0 Å². The molecule has 0 unspecified atom stereocenters. The monoisotopic (exact) mass is 1230 g/mol. The van der Waals surface area contributed by atoms with Gasteiger partial charge in [-0.1, -0.05) is 102 Å². The Labute approximate surface area is 481 Å². The second-order valence-electron chi connectivity index (χ2n) is 14.2. The lowest BCUT2D eigenvalue weighted by Crippen LogP contribution is -2.09. The highest BCUT2D eigenvalue weighted by atomic mass is 32.3. The zero-order valence-corrected chi connectivity index (χ0v) is 50.8. The minimum Gasteiger partial charge on any atom is -0.382 e. The van der Waals surface area contributed by atoms with Crippen LogP contribution in [0, 0.1) is 0 Å². The van der Waals surface area contributed by atoms with E-state index in [4.69, 9.17) is 56.8 Å². The molecule has 26 heteroatoms. The summed E-state index contributed by atoms with van der Waals surface area (Å²) in [4.78, 5) is 8.53. The number of thioether (sulfide) groups is 12. The van der Waals surface area contributed by atoms with Crippen molar-refractivity contribution in [2.24, 2.45) is 7.05 Å². The van der Waals surface area contributed by atoms with Gasteiger partial charge < -0.3 is 66.4 Å². The number of ether oxygens (including phenoxy) is 12. The smallest absolute Gasteiger partial charge is 0.0717 e. The fourth-order valence-electron chi connectivity index (χ4n) is 5.49. The topological polar surface area (TPSA) is 131 Å². The maximum atomic E-state index is 5.74. The van der Waals surface area contributed by atoms with E-state index < -0.39 is 0 Å². The number of nitrogens with one attached hydrogen (secondary N) is 1. The largest absolute Gasteiger partial charge is 0.382 e. The Morgan fingerprint density at radius 1 is 0.361 bits per heavy atom. The molecule has 4 aliphatic heterocycles. The van der Waals surface area contributed by atoms with Gasteiger partial charge >= 0.3 is 0 Å². The summed E-state index contributed by atoms with van der Waals surface area (Å²) in [7, 11) is 8.78. The number of nitrogens with zero attached hydrogens (tertiary/aromatic N) is 1. The molecular weight excluding hydrogens is 1160 g/mol. The van der Waals surface area contributed by atoms with Gasteiger partial charge in [-0.2, -0.15) is 0 Å². The van der Waals surface area contributed by atoms with Crippen molar-refractivity contribution in [1.29, 1.82) is 0 Å². The minimum atomic E-state index is 0. The maximum Gasteiger partial charge on any atom is 0.0717 e. The van der Waals surface area contributed by atoms with E-state index in [9.17, 15) is 0 Å². The van der Waals surface area contributed by atoms with E-state index in [0.29, 0.717) is 132 Å². The lowest BCUT2D eigenvalue weighted by molar-refractivity contribution is 0.0286. The molecule has 6 heterocycles. The molecule has 0 spiro atoms. The van der Waals surface area contributed by atoms with E-state index in [-0.39, 0.29) is 8.85 Å². The van der Waals surface area contributed by atoms with Crippen LogP contribution in [0.5, 0.6) is 0 Å². The van der Waals surface area contributed by atoms with Crippen molar-refractivity contribution < 1.29 is 58.3 Å². The van der Waals surface area contributed by atoms with Crippen LogP contribution < -0.4 is 0 Å². The van der Waals surface area contributed by atoms with Crippen LogP contribution in [0.2, 0.25) is 0 Å². The number of fused-ring (bicyclic) bond motifs is 2. The Morgan fingerprint density at radius 3 is 0.875 bits per heavy atom. The molecule has 1 N–H and O–H groups in total. The van der Waals surface area contributed by atoms with Crippen LogP contribution in [-0.4, -0.2) is 193 Å². The molecule has 14 nitrogen and oxygen atoms in total. The summed E-state index contributed by atoms with van der Waals surface area (Å²) in [6, 6.07) is 0. The van der Waals surface area contributed by atoms with Crippen molar-refractivity contribution in [3.8, 4) is 0 Å². The van der Waals surface area contributed by atoms with Gasteiger partial charge in [-0.05, 0) is 0 Å². The standard InChI is InChI=1S/C23H35NO6S6.C22H33NO6S6.CH4.H2/c1-24-16-18-19(17-24)34-22(33-18)23-35-20(31-14-12-29-10-8-27-6-4-25-2)21(36-23)32-15-13-30-11-9-28-7-5-26-3;1-24-3-5-26-7-9-28-11-13-30-19-20(31-14-12-29-10-8-27-6-4-25-2)35-22(34-19)21-32-17-15-23-16-18(17)33-21;;/h16-17H,4-15H2,1-3H3;15-16,23H,3-14H2,1-2H3;1H4;1H/i;;;1+1. The van der Waals surface area contributed by atoms with Crippen molar-refractivity contribution in [1.82, 2.24) is 9.55 Å². The highest BCUT2D eigenvalue weighted by Gasteiger charge is 2.31. The average Bonchev–Trinajstić information content (AvgIpc) is 4.24. The first-order valence-corrected chi connectivity index (χ1v) is 33.3. The lowest BCUT2D eigenvalue weighted by atomic mass is 10.7. The summed E-state index contributed by atoms with van der Waals surface area (Å²) in [5, 5.41) is 0. The maximum absolute atomic E-state index is 5.74. The molecule has 4 aliphatic rings. The normalized spacial score (nSPS) is 15.3. The fraction of sp³-hybridized carbons (Fsp3) is 0.652. The number of H-pyrrole nitrogens is 1. The van der Waals surface area contributed by atoms with Crippen LogP contribution in [-0.2, 0) is 63.9 Å². The molecule has 0 saturated heterocycles. The Bertz CT molecular complexity index is 1810. The highest BCUT2D eigenvalue weighted by Crippen LogP contribution is 2.65. The Hall–Kier alpha value is 1.24. The van der Waals surface area contributed by atoms with E-state index in [2.05, 4.69) is 41.4 Å². The van der Waals surface area contributed by atoms with E-state index in [0.717, 1.165) is 23.0 Å². The number of aromatic nitrogens is 2. The van der Waals surface area contributed by atoms with Gasteiger partial charge in [0.05, 0.1) is 166 Å². The van der Waals surface area contributed by atoms with Gasteiger partial charge in [-0.3, -0.25) is 0 Å². The van der Waals surface area contributed by atoms with Gasteiger partial charge in [-0.25, -0.2) is 0 Å². The molecular formula is C46H74N2O12S12. The third-order valence-corrected chi connectivity index (χ3v) is 25.8. The number of hydrogen-bond acceptors (Lipinski definition) is 24. The summed E-state index contributed by atoms with van der Waals surface area (Å²) in [6.07, 6.45) is 8.57. The van der Waals surface area contributed by atoms with Gasteiger partial charge in [0, 0.05) is 104 Å². The summed E-state index contributed by atoms with van der Waals surface area (Å²) in [5.41, 5.74) is 0.